The van der Waals surface area contributed by atoms with Gasteiger partial charge >= 0.3 is 0 Å². The van der Waals surface area contributed by atoms with Gasteiger partial charge in [-0.25, -0.2) is 4.98 Å². The fourth-order valence-electron chi connectivity index (χ4n) is 2.63. The molecule has 1 atom stereocenters. The molecule has 0 unspecified atom stereocenters. The van der Waals surface area contributed by atoms with Gasteiger partial charge in [-0.2, -0.15) is 13.4 Å². The summed E-state index contributed by atoms with van der Waals surface area (Å²) in [6, 6.07) is 14.4. The Labute approximate surface area is 194 Å². The predicted octanol–water partition coefficient (Wildman–Crippen LogP) is 5.29. The summed E-state index contributed by atoms with van der Waals surface area (Å²) in [6.07, 6.45) is 3.46. The maximum Gasteiger partial charge on any atom is 0.288 e. The van der Waals surface area contributed by atoms with E-state index < -0.39 is 20.7 Å². The Morgan fingerprint density at radius 2 is 1.84 bits per heavy atom. The second-order valence-corrected chi connectivity index (χ2v) is 11.5. The third kappa shape index (κ3) is 6.34. The van der Waals surface area contributed by atoms with Gasteiger partial charge in [0, 0.05) is 22.8 Å². The van der Waals surface area contributed by atoms with Crippen LogP contribution in [0.4, 0.5) is 17.5 Å². The lowest BCUT2D eigenvalue weighted by Crippen LogP contribution is -2.12. The molecule has 0 fully saturated rings. The quantitative estimate of drug-likeness (QED) is 0.438. The lowest BCUT2D eigenvalue weighted by molar-refractivity contribution is 0.598. The third-order valence-electron chi connectivity index (χ3n) is 4.13. The molecule has 0 aliphatic rings. The Balaban J connectivity index is 1.84. The maximum atomic E-state index is 12.7. The number of nitrogens with zero attached hydrogens (tertiary/aromatic N) is 3. The molecular formula is C21H24BrN5O2S2. The summed E-state index contributed by atoms with van der Waals surface area (Å²) < 4.78 is 30.2. The van der Waals surface area contributed by atoms with Gasteiger partial charge in [0.1, 0.15) is 5.82 Å². The van der Waals surface area contributed by atoms with E-state index in [4.69, 9.17) is 0 Å². The highest BCUT2D eigenvalue weighted by Crippen LogP contribution is 2.24. The number of hydrogen-bond acceptors (Lipinski definition) is 6. The Morgan fingerprint density at radius 1 is 1.13 bits per heavy atom. The highest BCUT2D eigenvalue weighted by atomic mass is 79.9. The van der Waals surface area contributed by atoms with E-state index in [2.05, 4.69) is 40.3 Å². The van der Waals surface area contributed by atoms with E-state index in [1.54, 1.807) is 36.7 Å². The van der Waals surface area contributed by atoms with Crippen LogP contribution in [0.2, 0.25) is 0 Å². The van der Waals surface area contributed by atoms with Gasteiger partial charge < -0.3 is 10.6 Å². The van der Waals surface area contributed by atoms with Crippen LogP contribution in [-0.2, 0) is 20.7 Å². The van der Waals surface area contributed by atoms with Crippen molar-refractivity contribution < 1.29 is 8.42 Å². The first kappa shape index (κ1) is 23.4. The van der Waals surface area contributed by atoms with Crippen molar-refractivity contribution in [3.8, 4) is 0 Å². The van der Waals surface area contributed by atoms with Gasteiger partial charge in [-0.05, 0) is 73.3 Å². The van der Waals surface area contributed by atoms with E-state index in [1.165, 1.54) is 0 Å². The van der Waals surface area contributed by atoms with Crippen molar-refractivity contribution in [2.45, 2.75) is 36.6 Å². The van der Waals surface area contributed by atoms with E-state index >= 15 is 0 Å². The van der Waals surface area contributed by atoms with Crippen LogP contribution in [0.5, 0.6) is 0 Å². The van der Waals surface area contributed by atoms with Crippen LogP contribution in [0.1, 0.15) is 19.4 Å². The van der Waals surface area contributed by atoms with Crippen molar-refractivity contribution in [3.05, 3.63) is 64.8 Å². The number of hydrogen-bond donors (Lipinski definition) is 2. The fourth-order valence-corrected chi connectivity index (χ4v) is 5.86. The van der Waals surface area contributed by atoms with Crippen molar-refractivity contribution in [3.63, 3.8) is 0 Å². The molecule has 0 spiro atoms. The summed E-state index contributed by atoms with van der Waals surface area (Å²) in [5.41, 5.74) is 1.74. The molecule has 1 heterocycles. The van der Waals surface area contributed by atoms with E-state index in [1.807, 2.05) is 45.0 Å². The smallest absolute Gasteiger partial charge is 0.288 e. The van der Waals surface area contributed by atoms with Crippen LogP contribution in [0, 0.1) is 6.92 Å². The summed E-state index contributed by atoms with van der Waals surface area (Å²) in [5, 5.41) is 6.43. The molecule has 2 aromatic carbocycles. The molecule has 3 rings (SSSR count). The number of anilines is 3. The summed E-state index contributed by atoms with van der Waals surface area (Å²) in [6.45, 7) is 5.97. The molecule has 10 heteroatoms. The minimum Gasteiger partial charge on any atom is -0.367 e. The highest BCUT2D eigenvalue weighted by molar-refractivity contribution is 9.10. The number of aryl methyl sites for hydroxylation is 1. The maximum absolute atomic E-state index is 12.7. The lowest BCUT2D eigenvalue weighted by Gasteiger charge is -2.13. The lowest BCUT2D eigenvalue weighted by atomic mass is 10.2. The van der Waals surface area contributed by atoms with Crippen LogP contribution in [0.15, 0.2) is 72.8 Å². The van der Waals surface area contributed by atoms with E-state index in [0.717, 1.165) is 20.6 Å². The zero-order valence-electron chi connectivity index (χ0n) is 17.6. The third-order valence-corrected chi connectivity index (χ3v) is 8.19. The largest absolute Gasteiger partial charge is 0.367 e. The Bertz CT molecular complexity index is 1210. The standard InChI is InChI=1S/C21H24BrN5O2S2/c1-14(2)24-20-19(22)13-23-21(26-20)25-16-6-5-7-17(12-16)30(4)27-31(28,29)18-10-8-15(3)9-11-18/h5-14H,1-4H3,(H2,23,24,25,26)/t30-/m0/s1. The summed E-state index contributed by atoms with van der Waals surface area (Å²) in [4.78, 5) is 9.77. The fraction of sp³-hybridized carbons (Fsp3) is 0.238. The molecule has 3 aromatic rings. The minimum absolute atomic E-state index is 0.195. The molecule has 0 amide bonds. The SMILES string of the molecule is Cc1ccc(S(=O)(=O)N=[S@@](C)c2cccc(Nc3ncc(Br)c(NC(C)C)n3)c2)cc1. The first-order chi connectivity index (χ1) is 14.6. The Kier molecular flexibility index (Phi) is 7.45. The zero-order chi connectivity index (χ0) is 22.6. The van der Waals surface area contributed by atoms with Gasteiger partial charge in [0.05, 0.1) is 9.37 Å². The number of aromatic nitrogens is 2. The van der Waals surface area contributed by atoms with Crippen LogP contribution in [-0.4, -0.2) is 30.7 Å². The second-order valence-electron chi connectivity index (χ2n) is 7.18. The Hall–Kier alpha value is -2.30. The molecule has 0 radical (unpaired) electrons. The normalized spacial score (nSPS) is 12.7. The molecular weight excluding hydrogens is 498 g/mol. The molecule has 0 aliphatic carbocycles. The first-order valence-corrected chi connectivity index (χ1v) is 13.3. The number of rotatable bonds is 7. The van der Waals surface area contributed by atoms with Crippen LogP contribution >= 0.6 is 15.9 Å². The number of halogens is 1. The topological polar surface area (TPSA) is 96.3 Å². The molecule has 0 aliphatic heterocycles. The predicted molar refractivity (Wildman–Crippen MR) is 131 cm³/mol. The highest BCUT2D eigenvalue weighted by Gasteiger charge is 2.13. The molecule has 0 bridgehead atoms. The summed E-state index contributed by atoms with van der Waals surface area (Å²) in [7, 11) is -4.60. The van der Waals surface area contributed by atoms with Gasteiger partial charge in [-0.3, -0.25) is 0 Å². The van der Waals surface area contributed by atoms with Crippen LogP contribution in [0.3, 0.4) is 0 Å². The number of sulfonamides is 1. The molecule has 0 saturated heterocycles. The average Bonchev–Trinajstić information content (AvgIpc) is 2.70. The van der Waals surface area contributed by atoms with Gasteiger partial charge in [0.25, 0.3) is 10.0 Å². The van der Waals surface area contributed by atoms with Gasteiger partial charge in [-0.15, -0.1) is 3.77 Å². The first-order valence-electron chi connectivity index (χ1n) is 9.51. The average molecular weight is 522 g/mol. The molecule has 7 nitrogen and oxygen atoms in total. The van der Waals surface area contributed by atoms with Gasteiger partial charge in [-0.1, -0.05) is 34.5 Å². The van der Waals surface area contributed by atoms with Crippen molar-refractivity contribution in [1.82, 2.24) is 9.97 Å². The van der Waals surface area contributed by atoms with Crippen LogP contribution < -0.4 is 10.6 Å². The monoisotopic (exact) mass is 521 g/mol. The molecule has 31 heavy (non-hydrogen) atoms. The van der Waals surface area contributed by atoms with Crippen molar-refractivity contribution in [2.75, 3.05) is 16.9 Å². The van der Waals surface area contributed by atoms with Crippen LogP contribution in [0.25, 0.3) is 0 Å². The van der Waals surface area contributed by atoms with Crippen molar-refractivity contribution in [2.24, 2.45) is 3.77 Å². The molecule has 2 N–H and O–H groups in total. The minimum atomic E-state index is -3.74. The summed E-state index contributed by atoms with van der Waals surface area (Å²) >= 11 is 3.44. The number of nitrogens with one attached hydrogen (secondary N) is 2. The van der Waals surface area contributed by atoms with E-state index in [0.29, 0.717) is 11.8 Å². The Morgan fingerprint density at radius 3 is 2.52 bits per heavy atom. The van der Waals surface area contributed by atoms with Gasteiger partial charge in [0.15, 0.2) is 0 Å². The second kappa shape index (κ2) is 9.88. The summed E-state index contributed by atoms with van der Waals surface area (Å²) in [5.74, 6) is 1.13. The number of benzene rings is 2. The zero-order valence-corrected chi connectivity index (χ0v) is 20.8. The van der Waals surface area contributed by atoms with Crippen molar-refractivity contribution in [1.29, 1.82) is 0 Å². The molecule has 1 aromatic heterocycles. The van der Waals surface area contributed by atoms with Gasteiger partial charge in [0.2, 0.25) is 5.95 Å². The van der Waals surface area contributed by atoms with E-state index in [-0.39, 0.29) is 10.9 Å². The van der Waals surface area contributed by atoms with Crippen molar-refractivity contribution >= 4 is 54.1 Å². The molecule has 164 valence electrons. The molecule has 0 saturated carbocycles. The van der Waals surface area contributed by atoms with E-state index in [9.17, 15) is 8.42 Å².